The predicted molar refractivity (Wildman–Crippen MR) is 242 cm³/mol. The highest BCUT2D eigenvalue weighted by Gasteiger charge is 2.14. The van der Waals surface area contributed by atoms with Crippen LogP contribution in [0.15, 0.2) is 136 Å². The molecule has 0 spiro atoms. The summed E-state index contributed by atoms with van der Waals surface area (Å²) in [6, 6.07) is 42.8. The van der Waals surface area contributed by atoms with Crippen molar-refractivity contribution >= 4 is 38.1 Å². The fourth-order valence-corrected chi connectivity index (χ4v) is 6.50. The van der Waals surface area contributed by atoms with Crippen LogP contribution in [0.1, 0.15) is 45.7 Å². The molecule has 0 amide bonds. The van der Waals surface area contributed by atoms with E-state index in [4.69, 9.17) is 15.9 Å². The third-order valence-corrected chi connectivity index (χ3v) is 9.82. The van der Waals surface area contributed by atoms with Crippen molar-refractivity contribution in [1.29, 1.82) is 0 Å². The lowest BCUT2D eigenvalue weighted by molar-refractivity contribution is 0.112. The number of aryl methyl sites for hydroxylation is 1. The zero-order valence-electron chi connectivity index (χ0n) is 29.8. The molecule has 0 heterocycles. The van der Waals surface area contributed by atoms with Crippen molar-refractivity contribution in [2.24, 2.45) is 0 Å². The van der Waals surface area contributed by atoms with E-state index in [0.29, 0.717) is 20.3 Å². The summed E-state index contributed by atoms with van der Waals surface area (Å²) in [5.74, 6) is 10.7. The number of aldehydes is 1. The highest BCUT2D eigenvalue weighted by atomic mass is 79.9. The first-order chi connectivity index (χ1) is 26.3. The summed E-state index contributed by atoms with van der Waals surface area (Å²) < 4.78 is 12.2. The molecule has 0 radical (unpaired) electrons. The first-order valence-corrected chi connectivity index (χ1v) is 18.8. The van der Waals surface area contributed by atoms with E-state index in [1.54, 1.807) is 25.3 Å². The van der Waals surface area contributed by atoms with Gasteiger partial charge in [-0.05, 0) is 120 Å². The van der Waals surface area contributed by atoms with Crippen LogP contribution in [0.2, 0.25) is 0 Å². The Kier molecular flexibility index (Phi) is 14.4. The van der Waals surface area contributed by atoms with Gasteiger partial charge in [0.05, 0.1) is 11.6 Å². The van der Waals surface area contributed by atoms with Crippen molar-refractivity contribution in [3.8, 4) is 98.0 Å². The van der Waals surface area contributed by atoms with Crippen LogP contribution in [0.5, 0.6) is 17.2 Å². The van der Waals surface area contributed by atoms with Gasteiger partial charge in [-0.1, -0.05) is 116 Å². The van der Waals surface area contributed by atoms with E-state index in [1.807, 2.05) is 36.4 Å². The average Bonchev–Trinajstić information content (AvgIpc) is 3.22. The number of carbonyl (C=O) groups excluding carboxylic acids is 1. The number of phenolic OH excluding ortho intramolecular Hbond substituents is 1. The van der Waals surface area contributed by atoms with Crippen molar-refractivity contribution in [3.05, 3.63) is 147 Å². The quantitative estimate of drug-likeness (QED) is 0.110. The number of benzene rings is 6. The molecular formula is C48H50Br2O4. The van der Waals surface area contributed by atoms with Gasteiger partial charge in [0.25, 0.3) is 0 Å². The molecule has 0 aliphatic carbocycles. The number of unbranched alkanes of at least 4 members (excludes halogenated alkanes) is 1. The normalized spacial score (nSPS) is 9.91. The van der Waals surface area contributed by atoms with E-state index in [9.17, 15) is 9.90 Å². The highest BCUT2D eigenvalue weighted by molar-refractivity contribution is 9.11. The summed E-state index contributed by atoms with van der Waals surface area (Å²) in [4.78, 5) is 10.7. The zero-order chi connectivity index (χ0) is 38.3. The number of hydrogen-bond acceptors (Lipinski definition) is 4. The molecule has 6 aromatic rings. The Hall–Kier alpha value is -5.97. The van der Waals surface area contributed by atoms with Crippen molar-refractivity contribution in [2.45, 2.75) is 26.2 Å². The molecule has 0 aromatic heterocycles. The number of aromatic hydroxyl groups is 1. The van der Waals surface area contributed by atoms with Gasteiger partial charge in [0.15, 0.2) is 12.0 Å². The molecule has 0 aliphatic rings. The number of halogens is 2. The Morgan fingerprint density at radius 1 is 0.685 bits per heavy atom. The number of hydrogen-bond donors (Lipinski definition) is 1. The second-order valence-electron chi connectivity index (χ2n) is 12.0. The molecule has 0 unspecified atom stereocenters. The van der Waals surface area contributed by atoms with Crippen LogP contribution in [0.25, 0.3) is 44.5 Å². The van der Waals surface area contributed by atoms with Gasteiger partial charge < -0.3 is 14.6 Å². The third-order valence-electron chi connectivity index (χ3n) is 8.51. The largest absolute Gasteiger partial charge is 0.507 e. The summed E-state index contributed by atoms with van der Waals surface area (Å²) in [6.45, 7) is 2.22. The number of carbonyl (C=O) groups is 1. The molecule has 0 bridgehead atoms. The minimum atomic E-state index is 0. The topological polar surface area (TPSA) is 55.8 Å². The average molecular weight is 851 g/mol. The van der Waals surface area contributed by atoms with Crippen LogP contribution in [0.4, 0.5) is 0 Å². The van der Waals surface area contributed by atoms with Crippen molar-refractivity contribution in [3.63, 3.8) is 0 Å². The van der Waals surface area contributed by atoms with Gasteiger partial charge in [-0.15, -0.1) is 6.42 Å². The van der Waals surface area contributed by atoms with Crippen LogP contribution in [-0.4, -0.2) is 18.5 Å². The molecule has 1 N–H and O–H groups in total. The van der Waals surface area contributed by atoms with Gasteiger partial charge in [-0.3, -0.25) is 4.79 Å². The standard InChI is InChI=1S/C35H32O2.C13H4Br2O2.7H2/c1-3-4-8-25-11-13-27(14-12-25)29-17-21-31(22-18-29)33-23-34(36)32(24-35(33)37-2)30-19-15-28(16-20-30)26-9-6-5-7-10-26;1-2-3-4-5-6-17-13-8-11(14)10(9-16)7-12(13)15;;;;;;;/h5-7,9-24,36H,3-4,8H2,1-2H3;1,7-9H;7*1H. The number of ether oxygens (including phenoxy) is 2. The smallest absolute Gasteiger partial charge is 0.155 e. The number of phenols is 1. The molecule has 0 atom stereocenters. The zero-order valence-corrected chi connectivity index (χ0v) is 33.0. The Morgan fingerprint density at radius 2 is 1.26 bits per heavy atom. The number of methoxy groups -OCH3 is 1. The van der Waals surface area contributed by atoms with Crippen LogP contribution < -0.4 is 9.47 Å². The van der Waals surface area contributed by atoms with E-state index >= 15 is 0 Å². The Morgan fingerprint density at radius 3 is 1.83 bits per heavy atom. The van der Waals surface area contributed by atoms with E-state index in [2.05, 4.69) is 141 Å². The second kappa shape index (κ2) is 19.8. The summed E-state index contributed by atoms with van der Waals surface area (Å²) in [5.41, 5.74) is 10.2. The molecule has 0 aliphatic heterocycles. The Bertz CT molecular complexity index is 2400. The molecule has 280 valence electrons. The molecule has 6 rings (SSSR count). The van der Waals surface area contributed by atoms with Crippen LogP contribution in [0.3, 0.4) is 0 Å². The second-order valence-corrected chi connectivity index (χ2v) is 13.7. The van der Waals surface area contributed by atoms with Gasteiger partial charge in [-0.25, -0.2) is 0 Å². The Balaban J connectivity index is -0.00000121. The predicted octanol–water partition coefficient (Wildman–Crippen LogP) is 14.1. The molecule has 6 heteroatoms. The van der Waals surface area contributed by atoms with Gasteiger partial charge in [0.2, 0.25) is 0 Å². The lowest BCUT2D eigenvalue weighted by atomic mass is 9.95. The molecule has 0 fully saturated rings. The fraction of sp³-hybridized carbons (Fsp3) is 0.104. The van der Waals surface area contributed by atoms with Crippen LogP contribution in [-0.2, 0) is 6.42 Å². The minimum Gasteiger partial charge on any atom is -0.507 e. The molecule has 4 nitrogen and oxygen atoms in total. The first-order valence-electron chi connectivity index (χ1n) is 17.2. The van der Waals surface area contributed by atoms with E-state index in [1.165, 1.54) is 35.1 Å². The van der Waals surface area contributed by atoms with E-state index in [0.717, 1.165) is 46.3 Å². The maximum atomic E-state index is 11.0. The van der Waals surface area contributed by atoms with Crippen molar-refractivity contribution in [1.82, 2.24) is 0 Å². The molecular weight excluding hydrogens is 800 g/mol. The molecule has 54 heavy (non-hydrogen) atoms. The van der Waals surface area contributed by atoms with Crippen molar-refractivity contribution in [2.75, 3.05) is 7.11 Å². The summed E-state index contributed by atoms with van der Waals surface area (Å²) in [5, 5.41) is 11.0. The van der Waals surface area contributed by atoms with Crippen LogP contribution >= 0.6 is 31.9 Å². The number of terminal acetylenes is 1. The Labute approximate surface area is 344 Å². The minimum absolute atomic E-state index is 0. The monoisotopic (exact) mass is 848 g/mol. The summed E-state index contributed by atoms with van der Waals surface area (Å²) in [7, 11) is 1.67. The van der Waals surface area contributed by atoms with E-state index < -0.39 is 0 Å². The van der Waals surface area contributed by atoms with E-state index in [-0.39, 0.29) is 15.7 Å². The van der Waals surface area contributed by atoms with Gasteiger partial charge in [-0.2, -0.15) is 0 Å². The van der Waals surface area contributed by atoms with Crippen molar-refractivity contribution < 1.29 is 29.4 Å². The maximum absolute atomic E-state index is 11.0. The molecule has 0 saturated carbocycles. The molecule has 0 saturated heterocycles. The SMILES string of the molecule is C#CC#CC#COc1cc(Br)c(C=O)cc1Br.CCCCc1ccc(-c2ccc(-c3cc(O)c(-c4ccc(-c5ccccc5)cc4)cc3OC)cc2)cc1.[HH].[HH].[HH].[HH].[HH].[HH].[HH]. The van der Waals surface area contributed by atoms with Gasteiger partial charge >= 0.3 is 0 Å². The fourth-order valence-electron chi connectivity index (χ4n) is 5.64. The lowest BCUT2D eigenvalue weighted by Crippen LogP contribution is -1.91. The summed E-state index contributed by atoms with van der Waals surface area (Å²) >= 11 is 6.50. The van der Waals surface area contributed by atoms with Gasteiger partial charge in [0, 0.05) is 43.0 Å². The number of rotatable bonds is 10. The highest BCUT2D eigenvalue weighted by Crippen LogP contribution is 2.41. The van der Waals surface area contributed by atoms with Crippen LogP contribution in [0, 0.1) is 36.2 Å². The van der Waals surface area contributed by atoms with Gasteiger partial charge in [0.1, 0.15) is 17.6 Å². The summed E-state index contributed by atoms with van der Waals surface area (Å²) in [6.07, 6.45) is 11.6. The third kappa shape index (κ3) is 10.3. The maximum Gasteiger partial charge on any atom is 0.155 e. The lowest BCUT2D eigenvalue weighted by Gasteiger charge is -2.14. The first kappa shape index (κ1) is 39.2. The molecule has 6 aromatic carbocycles.